The summed E-state index contributed by atoms with van der Waals surface area (Å²) < 4.78 is 0. The molecule has 0 unspecified atom stereocenters. The molecule has 0 heterocycles. The van der Waals surface area contributed by atoms with Gasteiger partial charge in [-0.2, -0.15) is 0 Å². The van der Waals surface area contributed by atoms with Crippen LogP contribution >= 0.6 is 0 Å². The van der Waals surface area contributed by atoms with E-state index in [1.54, 1.807) is 0 Å². The third-order valence-corrected chi connectivity index (χ3v) is 8.43. The lowest BCUT2D eigenvalue weighted by Crippen LogP contribution is -2.64. The van der Waals surface area contributed by atoms with Gasteiger partial charge in [0.15, 0.2) is 0 Å². The Labute approximate surface area is 155 Å². The summed E-state index contributed by atoms with van der Waals surface area (Å²) in [4.78, 5) is 0. The Morgan fingerprint density at radius 3 is 2.23 bits per heavy atom. The van der Waals surface area contributed by atoms with Gasteiger partial charge in [0.1, 0.15) is 0 Å². The molecule has 6 N–H and O–H groups in total. The Bertz CT molecular complexity index is 607. The van der Waals surface area contributed by atoms with Crippen molar-refractivity contribution in [1.82, 2.24) is 0 Å². The summed E-state index contributed by atoms with van der Waals surface area (Å²) in [5, 5.41) is 66.1. The lowest BCUT2D eigenvalue weighted by molar-refractivity contribution is -0.204. The maximum atomic E-state index is 11.7. The fourth-order valence-electron chi connectivity index (χ4n) is 6.32. The highest BCUT2D eigenvalue weighted by molar-refractivity contribution is 5.33. The van der Waals surface area contributed by atoms with Crippen LogP contribution in [0, 0.1) is 16.7 Å². The highest BCUT2D eigenvalue weighted by Gasteiger charge is 2.73. The smallest absolute Gasteiger partial charge is 0.0990 e. The lowest BCUT2D eigenvalue weighted by atomic mass is 9.55. The number of aliphatic hydroxyl groups is 6. The van der Waals surface area contributed by atoms with Crippen LogP contribution in [0.1, 0.15) is 59.3 Å². The van der Waals surface area contributed by atoms with Gasteiger partial charge in [-0.05, 0) is 43.6 Å². The van der Waals surface area contributed by atoms with Crippen molar-refractivity contribution in [2.45, 2.75) is 88.3 Å². The van der Waals surface area contributed by atoms with Gasteiger partial charge in [0.25, 0.3) is 0 Å². The maximum Gasteiger partial charge on any atom is 0.0990 e. The molecule has 0 amide bonds. The number of hydrogen-bond acceptors (Lipinski definition) is 6. The van der Waals surface area contributed by atoms with Crippen molar-refractivity contribution in [3.8, 4) is 0 Å². The minimum atomic E-state index is -1.72. The summed E-state index contributed by atoms with van der Waals surface area (Å²) in [6, 6.07) is 0. The monoisotopic (exact) mass is 370 g/mol. The lowest BCUT2D eigenvalue weighted by Gasteiger charge is -2.55. The van der Waals surface area contributed by atoms with E-state index in [0.717, 1.165) is 0 Å². The summed E-state index contributed by atoms with van der Waals surface area (Å²) in [6.07, 6.45) is -0.982. The van der Waals surface area contributed by atoms with Gasteiger partial charge in [-0.25, -0.2) is 0 Å². The molecular formula is C20H34O6. The second kappa shape index (κ2) is 5.75. The van der Waals surface area contributed by atoms with Crippen molar-refractivity contribution < 1.29 is 30.6 Å². The predicted octanol–water partition coefficient (Wildman–Crippen LogP) is 0.480. The second-order valence-electron chi connectivity index (χ2n) is 9.64. The van der Waals surface area contributed by atoms with E-state index in [4.69, 9.17) is 0 Å². The van der Waals surface area contributed by atoms with Crippen LogP contribution in [0.4, 0.5) is 0 Å². The molecule has 150 valence electrons. The normalized spacial score (nSPS) is 54.8. The molecule has 3 rings (SSSR count). The van der Waals surface area contributed by atoms with Crippen molar-refractivity contribution in [3.05, 3.63) is 12.2 Å². The number of aliphatic hydroxyl groups excluding tert-OH is 3. The quantitative estimate of drug-likeness (QED) is 0.393. The molecule has 6 nitrogen and oxygen atoms in total. The first-order valence-corrected chi connectivity index (χ1v) is 9.67. The Hall–Kier alpha value is -0.500. The molecule has 0 spiro atoms. The highest BCUT2D eigenvalue weighted by atomic mass is 16.4. The fourth-order valence-corrected chi connectivity index (χ4v) is 6.32. The molecule has 0 aromatic heterocycles. The summed E-state index contributed by atoms with van der Waals surface area (Å²) in [5.74, 6) is -0.187. The first kappa shape index (κ1) is 20.2. The Kier molecular flexibility index (Phi) is 4.48. The van der Waals surface area contributed by atoms with Gasteiger partial charge in [-0.3, -0.25) is 0 Å². The van der Waals surface area contributed by atoms with Crippen LogP contribution in [0.3, 0.4) is 0 Å². The van der Waals surface area contributed by atoms with Crippen molar-refractivity contribution in [3.63, 3.8) is 0 Å². The molecule has 6 heteroatoms. The summed E-state index contributed by atoms with van der Waals surface area (Å²) in [7, 11) is 0. The average molecular weight is 370 g/mol. The zero-order valence-electron chi connectivity index (χ0n) is 16.1. The van der Waals surface area contributed by atoms with Gasteiger partial charge >= 0.3 is 0 Å². The molecule has 0 aliphatic heterocycles. The third kappa shape index (κ3) is 2.09. The average Bonchev–Trinajstić information content (AvgIpc) is 2.70. The van der Waals surface area contributed by atoms with Crippen molar-refractivity contribution >= 4 is 0 Å². The SMILES string of the molecule is C=C1[C@@H](O)C[C@@H](O)[C@@]2(CO)CC[C@]3(O)[C@](C)(CC[C@@]3(O)C(C)C)C[C@]12O. The maximum absolute atomic E-state index is 11.7. The number of rotatable bonds is 2. The highest BCUT2D eigenvalue weighted by Crippen LogP contribution is 2.67. The van der Waals surface area contributed by atoms with E-state index in [1.807, 2.05) is 20.8 Å². The molecule has 26 heavy (non-hydrogen) atoms. The van der Waals surface area contributed by atoms with Gasteiger partial charge in [0.05, 0.1) is 41.0 Å². The van der Waals surface area contributed by atoms with Crippen LogP contribution in [0.5, 0.6) is 0 Å². The van der Waals surface area contributed by atoms with Crippen LogP contribution in [-0.4, -0.2) is 66.3 Å². The van der Waals surface area contributed by atoms with Gasteiger partial charge in [0, 0.05) is 11.8 Å². The van der Waals surface area contributed by atoms with Crippen molar-refractivity contribution in [2.24, 2.45) is 16.7 Å². The predicted molar refractivity (Wildman–Crippen MR) is 96.2 cm³/mol. The van der Waals surface area contributed by atoms with Crippen molar-refractivity contribution in [2.75, 3.05) is 6.61 Å². The molecule has 3 aliphatic rings. The van der Waals surface area contributed by atoms with E-state index in [9.17, 15) is 30.6 Å². The second-order valence-corrected chi connectivity index (χ2v) is 9.64. The molecule has 7 atom stereocenters. The standard InChI is InChI=1S/C20H34O6/c1-12(2)18(24)7-5-16(4)10-19(25)13(3)14(22)9-15(23)17(19,11-21)6-8-20(16,18)26/h12,14-15,21-26H,3,5-11H2,1-2,4H3/t14-,15+,16+,17-,18+,19-,20-/m0/s1. The minimum absolute atomic E-state index is 0.00864. The van der Waals surface area contributed by atoms with E-state index in [2.05, 4.69) is 6.58 Å². The molecule has 0 aromatic carbocycles. The molecule has 3 fully saturated rings. The van der Waals surface area contributed by atoms with E-state index in [1.165, 1.54) is 0 Å². The van der Waals surface area contributed by atoms with Gasteiger partial charge < -0.3 is 30.6 Å². The van der Waals surface area contributed by atoms with E-state index >= 15 is 0 Å². The minimum Gasteiger partial charge on any atom is -0.396 e. The Morgan fingerprint density at radius 2 is 1.69 bits per heavy atom. The fraction of sp³-hybridized carbons (Fsp3) is 0.900. The first-order valence-electron chi connectivity index (χ1n) is 9.67. The molecule has 0 aromatic rings. The summed E-state index contributed by atoms with van der Waals surface area (Å²) in [5.41, 5.74) is -6.47. The molecular weight excluding hydrogens is 336 g/mol. The molecule has 0 radical (unpaired) electrons. The van der Waals surface area contributed by atoms with Crippen LogP contribution in [0.15, 0.2) is 12.2 Å². The number of fused-ring (bicyclic) bond motifs is 2. The Morgan fingerprint density at radius 1 is 1.08 bits per heavy atom. The van der Waals surface area contributed by atoms with E-state index in [-0.39, 0.29) is 37.2 Å². The third-order valence-electron chi connectivity index (χ3n) is 8.43. The Balaban J connectivity index is 2.17. The van der Waals surface area contributed by atoms with Gasteiger partial charge in [-0.1, -0.05) is 27.4 Å². The zero-order chi connectivity index (χ0) is 19.8. The van der Waals surface area contributed by atoms with Crippen LogP contribution < -0.4 is 0 Å². The van der Waals surface area contributed by atoms with E-state index in [0.29, 0.717) is 12.8 Å². The molecule has 0 saturated heterocycles. The molecule has 3 aliphatic carbocycles. The largest absolute Gasteiger partial charge is 0.396 e. The topological polar surface area (TPSA) is 121 Å². The summed E-state index contributed by atoms with van der Waals surface area (Å²) >= 11 is 0. The summed E-state index contributed by atoms with van der Waals surface area (Å²) in [6.45, 7) is 9.00. The molecule has 0 bridgehead atoms. The number of hydrogen-bond donors (Lipinski definition) is 6. The van der Waals surface area contributed by atoms with Crippen LogP contribution in [0.25, 0.3) is 0 Å². The van der Waals surface area contributed by atoms with Crippen molar-refractivity contribution in [1.29, 1.82) is 0 Å². The van der Waals surface area contributed by atoms with Gasteiger partial charge in [-0.15, -0.1) is 0 Å². The van der Waals surface area contributed by atoms with E-state index < -0.39 is 46.4 Å². The zero-order valence-corrected chi connectivity index (χ0v) is 16.1. The van der Waals surface area contributed by atoms with Crippen LogP contribution in [0.2, 0.25) is 0 Å². The molecule has 3 saturated carbocycles. The first-order chi connectivity index (χ1) is 11.8. The van der Waals surface area contributed by atoms with Crippen LogP contribution in [-0.2, 0) is 0 Å². The van der Waals surface area contributed by atoms with Gasteiger partial charge in [0.2, 0.25) is 0 Å².